The quantitative estimate of drug-likeness (QED) is 0.473. The molecule has 130 valence electrons. The number of fused-ring (bicyclic) bond motifs is 1. The number of benzene rings is 1. The second-order valence-electron chi connectivity index (χ2n) is 6.73. The standard InChI is InChI=1S/C20H23N3OS/c1-4-22-18-8-6-5-7-17(18)21-20(22)25-12-19(24)16-11-13(2)23(14(16)3)15-9-10-15/h5-8,11,15H,4,9-10,12H2,1-3H3. The highest BCUT2D eigenvalue weighted by Crippen LogP contribution is 2.38. The van der Waals surface area contributed by atoms with Gasteiger partial charge in [-0.05, 0) is 51.8 Å². The minimum Gasteiger partial charge on any atom is -0.345 e. The predicted octanol–water partition coefficient (Wildman–Crippen LogP) is 4.78. The van der Waals surface area contributed by atoms with E-state index in [2.05, 4.69) is 42.0 Å². The Bertz CT molecular complexity index is 949. The van der Waals surface area contributed by atoms with Gasteiger partial charge in [0.1, 0.15) is 0 Å². The molecule has 1 fully saturated rings. The average molecular weight is 353 g/mol. The SMILES string of the molecule is CCn1c(SCC(=O)c2cc(C)n(C3CC3)c2C)nc2ccccc21. The lowest BCUT2D eigenvalue weighted by Gasteiger charge is -2.08. The molecule has 1 aliphatic carbocycles. The number of nitrogens with zero attached hydrogens (tertiary/aromatic N) is 3. The molecule has 1 saturated carbocycles. The fourth-order valence-electron chi connectivity index (χ4n) is 3.63. The lowest BCUT2D eigenvalue weighted by Crippen LogP contribution is -2.07. The molecule has 5 heteroatoms. The molecule has 0 unspecified atom stereocenters. The van der Waals surface area contributed by atoms with E-state index >= 15 is 0 Å². The number of ketones is 1. The van der Waals surface area contributed by atoms with Crippen LogP contribution in [0.3, 0.4) is 0 Å². The number of rotatable bonds is 6. The molecule has 0 aliphatic heterocycles. The summed E-state index contributed by atoms with van der Waals surface area (Å²) in [7, 11) is 0. The zero-order chi connectivity index (χ0) is 17.6. The fourth-order valence-corrected chi connectivity index (χ4v) is 4.59. The molecule has 4 nitrogen and oxygen atoms in total. The lowest BCUT2D eigenvalue weighted by atomic mass is 10.2. The fraction of sp³-hybridized carbons (Fsp3) is 0.400. The van der Waals surface area contributed by atoms with E-state index in [0.717, 1.165) is 34.0 Å². The Balaban J connectivity index is 1.56. The molecule has 0 atom stereocenters. The van der Waals surface area contributed by atoms with Gasteiger partial charge < -0.3 is 9.13 Å². The van der Waals surface area contributed by atoms with Crippen LogP contribution < -0.4 is 0 Å². The Morgan fingerprint density at radius 3 is 2.76 bits per heavy atom. The number of para-hydroxylation sites is 2. The normalized spacial score (nSPS) is 14.4. The molecule has 2 aromatic heterocycles. The number of aryl methyl sites for hydroxylation is 2. The van der Waals surface area contributed by atoms with E-state index in [0.29, 0.717) is 11.8 Å². The molecule has 1 aliphatic rings. The van der Waals surface area contributed by atoms with Crippen LogP contribution in [0.5, 0.6) is 0 Å². The number of hydrogen-bond acceptors (Lipinski definition) is 3. The van der Waals surface area contributed by atoms with Crippen LogP contribution in [0.2, 0.25) is 0 Å². The summed E-state index contributed by atoms with van der Waals surface area (Å²) < 4.78 is 4.51. The molecule has 1 aromatic carbocycles. The first-order valence-corrected chi connectivity index (χ1v) is 9.88. The molecule has 0 radical (unpaired) electrons. The van der Waals surface area contributed by atoms with Crippen molar-refractivity contribution < 1.29 is 4.79 Å². The first-order valence-electron chi connectivity index (χ1n) is 8.89. The lowest BCUT2D eigenvalue weighted by molar-refractivity contribution is 0.102. The third-order valence-corrected chi connectivity index (χ3v) is 5.94. The van der Waals surface area contributed by atoms with Gasteiger partial charge in [0, 0.05) is 29.5 Å². The molecular formula is C20H23N3OS. The summed E-state index contributed by atoms with van der Waals surface area (Å²) in [5.74, 6) is 0.623. The summed E-state index contributed by atoms with van der Waals surface area (Å²) in [6, 6.07) is 10.8. The molecule has 3 aromatic rings. The largest absolute Gasteiger partial charge is 0.345 e. The number of carbonyl (C=O) groups is 1. The van der Waals surface area contributed by atoms with Gasteiger partial charge in [0.15, 0.2) is 10.9 Å². The Morgan fingerprint density at radius 2 is 2.04 bits per heavy atom. The van der Waals surface area contributed by atoms with Gasteiger partial charge in [-0.3, -0.25) is 4.79 Å². The van der Waals surface area contributed by atoms with E-state index in [9.17, 15) is 4.79 Å². The Labute approximate surface area is 152 Å². The topological polar surface area (TPSA) is 39.8 Å². The molecule has 4 rings (SSSR count). The van der Waals surface area contributed by atoms with E-state index in [-0.39, 0.29) is 5.78 Å². The van der Waals surface area contributed by atoms with E-state index in [4.69, 9.17) is 4.98 Å². The van der Waals surface area contributed by atoms with Crippen LogP contribution >= 0.6 is 11.8 Å². The van der Waals surface area contributed by atoms with Crippen LogP contribution in [0, 0.1) is 13.8 Å². The number of aromatic nitrogens is 3. The minimum absolute atomic E-state index is 0.194. The van der Waals surface area contributed by atoms with Crippen LogP contribution in [-0.4, -0.2) is 25.7 Å². The molecule has 0 saturated heterocycles. The highest BCUT2D eigenvalue weighted by molar-refractivity contribution is 7.99. The molecule has 25 heavy (non-hydrogen) atoms. The third-order valence-electron chi connectivity index (χ3n) is 4.96. The summed E-state index contributed by atoms with van der Waals surface area (Å²) >= 11 is 1.54. The maximum atomic E-state index is 12.8. The number of hydrogen-bond donors (Lipinski definition) is 0. The third kappa shape index (κ3) is 2.91. The van der Waals surface area contributed by atoms with Crippen LogP contribution in [0.15, 0.2) is 35.5 Å². The molecule has 0 N–H and O–H groups in total. The van der Waals surface area contributed by atoms with Crippen LogP contribution in [-0.2, 0) is 6.54 Å². The number of imidazole rings is 1. The van der Waals surface area contributed by atoms with Crippen LogP contribution in [0.1, 0.15) is 47.6 Å². The summed E-state index contributed by atoms with van der Waals surface area (Å²) in [6.07, 6.45) is 2.47. The van der Waals surface area contributed by atoms with Gasteiger partial charge in [0.05, 0.1) is 16.8 Å². The van der Waals surface area contributed by atoms with Crippen LogP contribution in [0.25, 0.3) is 11.0 Å². The average Bonchev–Trinajstić information content (AvgIpc) is 3.30. The van der Waals surface area contributed by atoms with Crippen molar-refractivity contribution in [3.63, 3.8) is 0 Å². The molecular weight excluding hydrogens is 330 g/mol. The second kappa shape index (κ2) is 6.37. The zero-order valence-electron chi connectivity index (χ0n) is 15.0. The molecule has 0 bridgehead atoms. The van der Waals surface area contributed by atoms with Gasteiger partial charge in [-0.2, -0.15) is 0 Å². The first-order chi connectivity index (χ1) is 12.1. The monoisotopic (exact) mass is 353 g/mol. The van der Waals surface area contributed by atoms with Crippen molar-refractivity contribution in [2.24, 2.45) is 0 Å². The van der Waals surface area contributed by atoms with Gasteiger partial charge in [-0.25, -0.2) is 4.98 Å². The molecule has 2 heterocycles. The number of thioether (sulfide) groups is 1. The van der Waals surface area contributed by atoms with Gasteiger partial charge in [-0.15, -0.1) is 0 Å². The van der Waals surface area contributed by atoms with E-state index < -0.39 is 0 Å². The first kappa shape index (κ1) is 16.5. The Morgan fingerprint density at radius 1 is 1.28 bits per heavy atom. The maximum absolute atomic E-state index is 12.8. The van der Waals surface area contributed by atoms with E-state index in [1.807, 2.05) is 18.2 Å². The van der Waals surface area contributed by atoms with Gasteiger partial charge in [0.2, 0.25) is 0 Å². The maximum Gasteiger partial charge on any atom is 0.175 e. The Kier molecular flexibility index (Phi) is 4.20. The van der Waals surface area contributed by atoms with Crippen molar-refractivity contribution >= 4 is 28.6 Å². The van der Waals surface area contributed by atoms with Crippen molar-refractivity contribution in [3.8, 4) is 0 Å². The molecule has 0 amide bonds. The summed E-state index contributed by atoms with van der Waals surface area (Å²) in [4.78, 5) is 17.5. The van der Waals surface area contributed by atoms with E-state index in [1.54, 1.807) is 11.8 Å². The highest BCUT2D eigenvalue weighted by atomic mass is 32.2. The van der Waals surface area contributed by atoms with Crippen LogP contribution in [0.4, 0.5) is 0 Å². The van der Waals surface area contributed by atoms with Gasteiger partial charge in [-0.1, -0.05) is 23.9 Å². The molecule has 0 spiro atoms. The highest BCUT2D eigenvalue weighted by Gasteiger charge is 2.28. The van der Waals surface area contributed by atoms with Crippen molar-refractivity contribution in [1.82, 2.24) is 14.1 Å². The van der Waals surface area contributed by atoms with E-state index in [1.165, 1.54) is 18.5 Å². The number of carbonyl (C=O) groups excluding carboxylic acids is 1. The van der Waals surface area contributed by atoms with Crippen molar-refractivity contribution in [3.05, 3.63) is 47.3 Å². The predicted molar refractivity (Wildman–Crippen MR) is 103 cm³/mol. The zero-order valence-corrected chi connectivity index (χ0v) is 15.8. The summed E-state index contributed by atoms with van der Waals surface area (Å²) in [5.41, 5.74) is 5.32. The Hall–Kier alpha value is -2.01. The summed E-state index contributed by atoms with van der Waals surface area (Å²) in [6.45, 7) is 7.15. The smallest absolute Gasteiger partial charge is 0.175 e. The van der Waals surface area contributed by atoms with Crippen molar-refractivity contribution in [2.45, 2.75) is 51.4 Å². The second-order valence-corrected chi connectivity index (χ2v) is 7.67. The van der Waals surface area contributed by atoms with Crippen molar-refractivity contribution in [2.75, 3.05) is 5.75 Å². The van der Waals surface area contributed by atoms with Crippen molar-refractivity contribution in [1.29, 1.82) is 0 Å². The summed E-state index contributed by atoms with van der Waals surface area (Å²) in [5, 5.41) is 0.924. The number of Topliss-reactive ketones (excluding diaryl/α,β-unsaturated/α-hetero) is 1. The van der Waals surface area contributed by atoms with Gasteiger partial charge in [0.25, 0.3) is 0 Å². The minimum atomic E-state index is 0.194. The van der Waals surface area contributed by atoms with Gasteiger partial charge >= 0.3 is 0 Å².